The van der Waals surface area contributed by atoms with Gasteiger partial charge in [0.2, 0.25) is 5.76 Å². The molecule has 1 atom stereocenters. The molecule has 0 saturated heterocycles. The van der Waals surface area contributed by atoms with Crippen molar-refractivity contribution in [3.8, 4) is 23.0 Å². The van der Waals surface area contributed by atoms with E-state index in [1.807, 2.05) is 62.4 Å². The number of aryl methyl sites for hydroxylation is 2. The first-order valence-electron chi connectivity index (χ1n) is 14.7. The van der Waals surface area contributed by atoms with Crippen LogP contribution in [0.3, 0.4) is 0 Å². The SMILES string of the molecule is CCCCCOc1ccc(C2c3c(oc4cc(C)cc(C)c4c3=O)C(=O)N2CCc2ccc(OC)c(OC)c2)cc1OC. The van der Waals surface area contributed by atoms with Gasteiger partial charge in [-0.15, -0.1) is 0 Å². The van der Waals surface area contributed by atoms with E-state index in [2.05, 4.69) is 6.92 Å². The predicted molar refractivity (Wildman–Crippen MR) is 166 cm³/mol. The van der Waals surface area contributed by atoms with E-state index in [4.69, 9.17) is 23.4 Å². The van der Waals surface area contributed by atoms with E-state index in [1.165, 1.54) is 0 Å². The summed E-state index contributed by atoms with van der Waals surface area (Å²) in [4.78, 5) is 29.9. The summed E-state index contributed by atoms with van der Waals surface area (Å²) in [6.45, 7) is 6.91. The summed E-state index contributed by atoms with van der Waals surface area (Å²) in [7, 11) is 4.78. The van der Waals surface area contributed by atoms with Gasteiger partial charge in [-0.2, -0.15) is 0 Å². The molecular weight excluding hydrogens is 546 g/mol. The number of hydrogen-bond acceptors (Lipinski definition) is 7. The van der Waals surface area contributed by atoms with Gasteiger partial charge in [-0.25, -0.2) is 0 Å². The van der Waals surface area contributed by atoms with Crippen LogP contribution in [0.1, 0.15) is 70.6 Å². The van der Waals surface area contributed by atoms with Gasteiger partial charge in [0, 0.05) is 6.54 Å². The van der Waals surface area contributed by atoms with Gasteiger partial charge in [0.15, 0.2) is 28.4 Å². The second-order valence-electron chi connectivity index (χ2n) is 10.9. The quantitative estimate of drug-likeness (QED) is 0.169. The molecule has 226 valence electrons. The zero-order chi connectivity index (χ0) is 30.7. The highest BCUT2D eigenvalue weighted by molar-refractivity contribution is 5.99. The van der Waals surface area contributed by atoms with Crippen LogP contribution in [0.25, 0.3) is 11.0 Å². The molecular formula is C35H39NO7. The fraction of sp³-hybridized carbons (Fsp3) is 0.371. The third-order valence-electron chi connectivity index (χ3n) is 8.01. The molecule has 3 aromatic carbocycles. The van der Waals surface area contributed by atoms with Crippen LogP contribution in [-0.4, -0.2) is 45.3 Å². The number of nitrogens with zero attached hydrogens (tertiary/aromatic N) is 1. The highest BCUT2D eigenvalue weighted by atomic mass is 16.5. The largest absolute Gasteiger partial charge is 0.493 e. The van der Waals surface area contributed by atoms with Crippen molar-refractivity contribution in [3.05, 3.63) is 92.3 Å². The third-order valence-corrected chi connectivity index (χ3v) is 8.01. The second kappa shape index (κ2) is 12.8. The van der Waals surface area contributed by atoms with Crippen molar-refractivity contribution in [2.24, 2.45) is 0 Å². The van der Waals surface area contributed by atoms with Gasteiger partial charge >= 0.3 is 0 Å². The minimum Gasteiger partial charge on any atom is -0.493 e. The lowest BCUT2D eigenvalue weighted by atomic mass is 9.96. The average molecular weight is 586 g/mol. The lowest BCUT2D eigenvalue weighted by molar-refractivity contribution is 0.0729. The van der Waals surface area contributed by atoms with Crippen LogP contribution in [-0.2, 0) is 6.42 Å². The van der Waals surface area contributed by atoms with Crippen LogP contribution in [0.15, 0.2) is 57.7 Å². The first kappa shape index (κ1) is 30.0. The Hall–Kier alpha value is -4.46. The Kier molecular flexibility index (Phi) is 8.94. The number of carbonyl (C=O) groups is 1. The first-order chi connectivity index (χ1) is 20.8. The molecule has 0 radical (unpaired) electrons. The fourth-order valence-electron chi connectivity index (χ4n) is 5.88. The normalized spacial score (nSPS) is 14.2. The Balaban J connectivity index is 1.58. The molecule has 1 amide bonds. The highest BCUT2D eigenvalue weighted by Gasteiger charge is 2.43. The fourth-order valence-corrected chi connectivity index (χ4v) is 5.88. The summed E-state index contributed by atoms with van der Waals surface area (Å²) < 4.78 is 28.8. The summed E-state index contributed by atoms with van der Waals surface area (Å²) in [6.07, 6.45) is 3.66. The van der Waals surface area contributed by atoms with Crippen molar-refractivity contribution in [2.75, 3.05) is 34.5 Å². The second-order valence-corrected chi connectivity index (χ2v) is 10.9. The average Bonchev–Trinajstić information content (AvgIpc) is 3.28. The zero-order valence-corrected chi connectivity index (χ0v) is 25.7. The molecule has 0 saturated carbocycles. The smallest absolute Gasteiger partial charge is 0.290 e. The lowest BCUT2D eigenvalue weighted by Gasteiger charge is -2.26. The van der Waals surface area contributed by atoms with Gasteiger partial charge in [-0.1, -0.05) is 38.0 Å². The zero-order valence-electron chi connectivity index (χ0n) is 25.7. The molecule has 43 heavy (non-hydrogen) atoms. The van der Waals surface area contributed by atoms with Gasteiger partial charge in [-0.3, -0.25) is 9.59 Å². The first-order valence-corrected chi connectivity index (χ1v) is 14.7. The van der Waals surface area contributed by atoms with E-state index in [0.29, 0.717) is 59.1 Å². The van der Waals surface area contributed by atoms with Gasteiger partial charge in [-0.05, 0) is 79.3 Å². The van der Waals surface area contributed by atoms with Gasteiger partial charge in [0.25, 0.3) is 5.91 Å². The number of amides is 1. The van der Waals surface area contributed by atoms with Gasteiger partial charge in [0.05, 0.1) is 44.9 Å². The van der Waals surface area contributed by atoms with E-state index in [0.717, 1.165) is 41.5 Å². The Labute approximate surface area is 252 Å². The van der Waals surface area contributed by atoms with E-state index in [-0.39, 0.29) is 17.1 Å². The van der Waals surface area contributed by atoms with Crippen molar-refractivity contribution in [1.82, 2.24) is 4.90 Å². The number of benzene rings is 3. The van der Waals surface area contributed by atoms with Crippen molar-refractivity contribution < 1.29 is 28.2 Å². The van der Waals surface area contributed by atoms with Crippen LogP contribution in [0.5, 0.6) is 23.0 Å². The summed E-state index contributed by atoms with van der Waals surface area (Å²) >= 11 is 0. The number of methoxy groups -OCH3 is 3. The van der Waals surface area contributed by atoms with Crippen molar-refractivity contribution in [2.45, 2.75) is 52.5 Å². The topological polar surface area (TPSA) is 87.4 Å². The van der Waals surface area contributed by atoms with Gasteiger partial charge < -0.3 is 28.3 Å². The van der Waals surface area contributed by atoms with Crippen LogP contribution in [0.2, 0.25) is 0 Å². The number of fused-ring (bicyclic) bond motifs is 2. The van der Waals surface area contributed by atoms with Crippen molar-refractivity contribution in [3.63, 3.8) is 0 Å². The summed E-state index contributed by atoms with van der Waals surface area (Å²) in [5.74, 6) is 2.18. The summed E-state index contributed by atoms with van der Waals surface area (Å²) in [6, 6.07) is 14.4. The van der Waals surface area contributed by atoms with Crippen LogP contribution in [0.4, 0.5) is 0 Å². The number of hydrogen-bond donors (Lipinski definition) is 0. The van der Waals surface area contributed by atoms with E-state index < -0.39 is 6.04 Å². The molecule has 0 spiro atoms. The Morgan fingerprint density at radius 2 is 1.56 bits per heavy atom. The number of rotatable bonds is 12. The Morgan fingerprint density at radius 3 is 2.28 bits per heavy atom. The molecule has 1 aromatic heterocycles. The molecule has 1 aliphatic rings. The van der Waals surface area contributed by atoms with Gasteiger partial charge in [0.1, 0.15) is 5.58 Å². The van der Waals surface area contributed by atoms with E-state index >= 15 is 0 Å². The molecule has 4 aromatic rings. The molecule has 1 unspecified atom stereocenters. The van der Waals surface area contributed by atoms with Crippen molar-refractivity contribution in [1.29, 1.82) is 0 Å². The summed E-state index contributed by atoms with van der Waals surface area (Å²) in [5.41, 5.74) is 4.05. The summed E-state index contributed by atoms with van der Waals surface area (Å²) in [5, 5.41) is 0.492. The molecule has 0 aliphatic carbocycles. The Morgan fingerprint density at radius 1 is 0.837 bits per heavy atom. The maximum atomic E-state index is 14.2. The minimum atomic E-state index is -0.660. The third kappa shape index (κ3) is 5.78. The van der Waals surface area contributed by atoms with E-state index in [9.17, 15) is 9.59 Å². The number of carbonyl (C=O) groups excluding carboxylic acids is 1. The number of unbranched alkanes of at least 4 members (excludes halogenated alkanes) is 2. The highest BCUT2D eigenvalue weighted by Crippen LogP contribution is 2.41. The predicted octanol–water partition coefficient (Wildman–Crippen LogP) is 6.79. The maximum Gasteiger partial charge on any atom is 0.290 e. The molecule has 0 fully saturated rings. The molecule has 1 aliphatic heterocycles. The molecule has 8 heteroatoms. The minimum absolute atomic E-state index is 0.0821. The Bertz CT molecular complexity index is 1710. The van der Waals surface area contributed by atoms with Crippen LogP contribution in [0, 0.1) is 13.8 Å². The molecule has 0 bridgehead atoms. The molecule has 5 rings (SSSR count). The molecule has 8 nitrogen and oxygen atoms in total. The monoisotopic (exact) mass is 585 g/mol. The van der Waals surface area contributed by atoms with Crippen LogP contribution < -0.4 is 24.4 Å². The maximum absolute atomic E-state index is 14.2. The number of ether oxygens (including phenoxy) is 4. The molecule has 0 N–H and O–H groups in total. The molecule has 2 heterocycles. The van der Waals surface area contributed by atoms with Crippen molar-refractivity contribution >= 4 is 16.9 Å². The standard InChI is InChI=1S/C35H39NO7/c1-7-8-9-16-42-26-13-11-24(20-28(26)41-6)32-31-33(37)30-22(3)17-21(2)18-29(30)43-34(31)35(38)36(32)15-14-23-10-12-25(39-4)27(19-23)40-5/h10-13,17-20,32H,7-9,14-16H2,1-6H3. The van der Waals surface area contributed by atoms with Crippen LogP contribution >= 0.6 is 0 Å². The van der Waals surface area contributed by atoms with E-state index in [1.54, 1.807) is 26.2 Å². The lowest BCUT2D eigenvalue weighted by Crippen LogP contribution is -2.31.